The van der Waals surface area contributed by atoms with Crippen LogP contribution in [-0.2, 0) is 0 Å². The number of hydrogen-bond acceptors (Lipinski definition) is 3. The van der Waals surface area contributed by atoms with Crippen molar-refractivity contribution in [3.8, 4) is 44.5 Å². The summed E-state index contributed by atoms with van der Waals surface area (Å²) in [6.07, 6.45) is 0. The molecule has 0 aliphatic carbocycles. The fourth-order valence-electron chi connectivity index (χ4n) is 8.25. The maximum atomic E-state index is 6.46. The van der Waals surface area contributed by atoms with Gasteiger partial charge in [0.25, 0.3) is 0 Å². The lowest BCUT2D eigenvalue weighted by atomic mass is 9.92. The molecule has 268 valence electrons. The summed E-state index contributed by atoms with van der Waals surface area (Å²) in [4.78, 5) is 2.32. The molecule has 0 unspecified atom stereocenters. The van der Waals surface area contributed by atoms with Crippen molar-refractivity contribution >= 4 is 70.5 Å². The van der Waals surface area contributed by atoms with E-state index in [1.165, 1.54) is 53.6 Å². The van der Waals surface area contributed by atoms with Crippen LogP contribution in [0.15, 0.2) is 217 Å². The molecule has 3 heteroatoms. The highest BCUT2D eigenvalue weighted by atomic mass is 32.1. The van der Waals surface area contributed by atoms with E-state index in [9.17, 15) is 0 Å². The topological polar surface area (TPSA) is 16.4 Å². The zero-order valence-corrected chi connectivity index (χ0v) is 31.8. The molecule has 0 aliphatic heterocycles. The Bertz CT molecular complexity index is 3200. The third-order valence-electron chi connectivity index (χ3n) is 11.1. The highest BCUT2D eigenvalue weighted by molar-refractivity contribution is 7.25. The molecule has 11 rings (SSSR count). The zero-order valence-electron chi connectivity index (χ0n) is 31.0. The van der Waals surface area contributed by atoms with E-state index in [0.717, 1.165) is 50.1 Å². The van der Waals surface area contributed by atoms with E-state index >= 15 is 0 Å². The quantitative estimate of drug-likeness (QED) is 0.162. The number of rotatable bonds is 7. The van der Waals surface area contributed by atoms with Gasteiger partial charge in [0.2, 0.25) is 0 Å². The minimum atomic E-state index is 0.891. The van der Waals surface area contributed by atoms with Crippen LogP contribution in [-0.4, -0.2) is 0 Å². The van der Waals surface area contributed by atoms with Gasteiger partial charge in [-0.05, 0) is 117 Å². The molecule has 0 amide bonds. The minimum absolute atomic E-state index is 0.891. The molecule has 0 atom stereocenters. The number of fused-ring (bicyclic) bond motifs is 6. The predicted molar refractivity (Wildman–Crippen MR) is 243 cm³/mol. The second-order valence-electron chi connectivity index (χ2n) is 14.5. The Morgan fingerprint density at radius 1 is 0.298 bits per heavy atom. The molecule has 0 bridgehead atoms. The Hall–Kier alpha value is -7.20. The molecule has 2 aromatic heterocycles. The molecule has 2 nitrogen and oxygen atoms in total. The van der Waals surface area contributed by atoms with Gasteiger partial charge in [0, 0.05) is 48.0 Å². The fraction of sp³-hybridized carbons (Fsp3) is 0. The molecule has 57 heavy (non-hydrogen) atoms. The van der Waals surface area contributed by atoms with Gasteiger partial charge in [0.1, 0.15) is 11.2 Å². The van der Waals surface area contributed by atoms with Crippen molar-refractivity contribution in [2.45, 2.75) is 0 Å². The SMILES string of the molecule is c1ccc(-c2ccc(-c3ccc(N(c4ccccc4)c4ccc(-c5cc6oc7ccccc7c6cc5-c5ccc6sc7ccccc7c6c5)cc4)cc3)cc2)cc1. The monoisotopic (exact) mass is 745 g/mol. The van der Waals surface area contributed by atoms with Crippen molar-refractivity contribution in [2.75, 3.05) is 4.90 Å². The van der Waals surface area contributed by atoms with Crippen LogP contribution in [0.2, 0.25) is 0 Å². The van der Waals surface area contributed by atoms with Gasteiger partial charge in [-0.3, -0.25) is 0 Å². The van der Waals surface area contributed by atoms with Crippen LogP contribution in [0.1, 0.15) is 0 Å². The zero-order chi connectivity index (χ0) is 37.7. The smallest absolute Gasteiger partial charge is 0.136 e. The second-order valence-corrected chi connectivity index (χ2v) is 15.6. The minimum Gasteiger partial charge on any atom is -0.456 e. The first-order chi connectivity index (χ1) is 28.2. The van der Waals surface area contributed by atoms with Crippen molar-refractivity contribution in [3.63, 3.8) is 0 Å². The van der Waals surface area contributed by atoms with Crippen molar-refractivity contribution < 1.29 is 4.42 Å². The maximum Gasteiger partial charge on any atom is 0.136 e. The Morgan fingerprint density at radius 3 is 1.49 bits per heavy atom. The molecule has 11 aromatic rings. The van der Waals surface area contributed by atoms with Crippen LogP contribution in [0.4, 0.5) is 17.1 Å². The molecule has 0 saturated carbocycles. The highest BCUT2D eigenvalue weighted by Crippen LogP contribution is 2.44. The third-order valence-corrected chi connectivity index (χ3v) is 12.3. The Kier molecular flexibility index (Phi) is 8.04. The summed E-state index contributed by atoms with van der Waals surface area (Å²) in [7, 11) is 0. The average molecular weight is 746 g/mol. The highest BCUT2D eigenvalue weighted by Gasteiger charge is 2.18. The van der Waals surface area contributed by atoms with Gasteiger partial charge in [0.05, 0.1) is 0 Å². The number of benzene rings is 9. The van der Waals surface area contributed by atoms with Gasteiger partial charge < -0.3 is 9.32 Å². The number of anilines is 3. The van der Waals surface area contributed by atoms with Crippen molar-refractivity contribution in [2.24, 2.45) is 0 Å². The predicted octanol–water partition coefficient (Wildman–Crippen LogP) is 16.1. The lowest BCUT2D eigenvalue weighted by molar-refractivity contribution is 0.669. The lowest BCUT2D eigenvalue weighted by Gasteiger charge is -2.26. The van der Waals surface area contributed by atoms with Crippen LogP contribution in [0.5, 0.6) is 0 Å². The summed E-state index contributed by atoms with van der Waals surface area (Å²) >= 11 is 1.85. The first-order valence-corrected chi connectivity index (χ1v) is 20.1. The van der Waals surface area contributed by atoms with Gasteiger partial charge in [0.15, 0.2) is 0 Å². The summed E-state index contributed by atoms with van der Waals surface area (Å²) < 4.78 is 9.07. The average Bonchev–Trinajstić information content (AvgIpc) is 3.85. The Morgan fingerprint density at radius 2 is 0.789 bits per heavy atom. The first kappa shape index (κ1) is 33.2. The number of furan rings is 1. The van der Waals surface area contributed by atoms with Crippen LogP contribution in [0, 0.1) is 0 Å². The molecule has 9 aromatic carbocycles. The first-order valence-electron chi connectivity index (χ1n) is 19.3. The van der Waals surface area contributed by atoms with Gasteiger partial charge in [-0.1, -0.05) is 140 Å². The normalized spacial score (nSPS) is 11.5. The van der Waals surface area contributed by atoms with Crippen LogP contribution < -0.4 is 4.90 Å². The van der Waals surface area contributed by atoms with Gasteiger partial charge in [-0.2, -0.15) is 0 Å². The molecular weight excluding hydrogens is 711 g/mol. The molecule has 0 fully saturated rings. The van der Waals surface area contributed by atoms with E-state index < -0.39 is 0 Å². The molecule has 0 N–H and O–H groups in total. The molecule has 0 saturated heterocycles. The molecule has 2 heterocycles. The Balaban J connectivity index is 0.988. The van der Waals surface area contributed by atoms with Gasteiger partial charge in [-0.15, -0.1) is 11.3 Å². The molecule has 0 radical (unpaired) electrons. The summed E-state index contributed by atoms with van der Waals surface area (Å²) in [5.41, 5.74) is 14.6. The van der Waals surface area contributed by atoms with E-state index in [1.54, 1.807) is 0 Å². The van der Waals surface area contributed by atoms with Gasteiger partial charge >= 0.3 is 0 Å². The van der Waals surface area contributed by atoms with Crippen LogP contribution in [0.3, 0.4) is 0 Å². The van der Waals surface area contributed by atoms with Crippen LogP contribution >= 0.6 is 11.3 Å². The van der Waals surface area contributed by atoms with E-state index in [0.29, 0.717) is 0 Å². The number of nitrogens with zero attached hydrogens (tertiary/aromatic N) is 1. The summed E-state index contributed by atoms with van der Waals surface area (Å²) in [6.45, 7) is 0. The van der Waals surface area contributed by atoms with Crippen molar-refractivity contribution in [3.05, 3.63) is 212 Å². The molecule has 0 spiro atoms. The van der Waals surface area contributed by atoms with E-state index in [2.05, 4.69) is 211 Å². The van der Waals surface area contributed by atoms with Crippen LogP contribution in [0.25, 0.3) is 86.6 Å². The van der Waals surface area contributed by atoms with E-state index in [1.807, 2.05) is 17.4 Å². The summed E-state index contributed by atoms with van der Waals surface area (Å²) in [6, 6.07) is 76.3. The van der Waals surface area contributed by atoms with Crippen molar-refractivity contribution in [1.82, 2.24) is 0 Å². The largest absolute Gasteiger partial charge is 0.456 e. The summed E-state index contributed by atoms with van der Waals surface area (Å²) in [5, 5.41) is 4.85. The van der Waals surface area contributed by atoms with E-state index in [-0.39, 0.29) is 0 Å². The number of thiophene rings is 1. The summed E-state index contributed by atoms with van der Waals surface area (Å²) in [5.74, 6) is 0. The molecule has 0 aliphatic rings. The number of para-hydroxylation sites is 2. The fourth-order valence-corrected chi connectivity index (χ4v) is 9.33. The maximum absolute atomic E-state index is 6.46. The standard InChI is InChI=1S/C54H35NOS/c1-3-11-36(12-4-1)37-19-21-38(22-20-37)39-23-28-43(29-24-39)55(42-13-5-2-6-14-42)44-30-25-40(26-31-44)48-35-52-49(45-15-7-9-17-51(45)56-52)34-47(48)41-27-32-54-50(33-41)46-16-8-10-18-53(46)57-54/h1-35H. The third kappa shape index (κ3) is 5.97. The second kappa shape index (κ2) is 13.8. The lowest BCUT2D eigenvalue weighted by Crippen LogP contribution is -2.09. The Labute approximate surface area is 335 Å². The van der Waals surface area contributed by atoms with Crippen molar-refractivity contribution in [1.29, 1.82) is 0 Å². The number of hydrogen-bond donors (Lipinski definition) is 0. The molecular formula is C54H35NOS. The van der Waals surface area contributed by atoms with Gasteiger partial charge in [-0.25, -0.2) is 0 Å². The van der Waals surface area contributed by atoms with E-state index in [4.69, 9.17) is 4.42 Å².